The van der Waals surface area contributed by atoms with Gasteiger partial charge in [-0.2, -0.15) is 0 Å². The van der Waals surface area contributed by atoms with Gasteiger partial charge in [-0.25, -0.2) is 0 Å². The van der Waals surface area contributed by atoms with E-state index in [0.717, 1.165) is 24.8 Å². The minimum absolute atomic E-state index is 0.0548. The number of hydrogen-bond acceptors (Lipinski definition) is 3. The molecule has 1 aliphatic heterocycles. The number of carbonyl (C=O) groups is 2. The van der Waals surface area contributed by atoms with Gasteiger partial charge in [-0.3, -0.25) is 14.9 Å². The van der Waals surface area contributed by atoms with Crippen molar-refractivity contribution in [2.24, 2.45) is 0 Å². The summed E-state index contributed by atoms with van der Waals surface area (Å²) in [6.45, 7) is 3.13. The molecular weight excluding hydrogens is 292 g/mol. The van der Waals surface area contributed by atoms with Gasteiger partial charge < -0.3 is 10.0 Å². The van der Waals surface area contributed by atoms with Gasteiger partial charge in [-0.15, -0.1) is 0 Å². The van der Waals surface area contributed by atoms with Crippen molar-refractivity contribution in [3.63, 3.8) is 0 Å². The Labute approximate surface area is 136 Å². The van der Waals surface area contributed by atoms with Gasteiger partial charge in [0.25, 0.3) is 5.91 Å². The maximum atomic E-state index is 12.7. The molecule has 23 heavy (non-hydrogen) atoms. The first-order valence-corrected chi connectivity index (χ1v) is 8.35. The van der Waals surface area contributed by atoms with Crippen LogP contribution in [0.4, 0.5) is 0 Å². The number of nitrogens with one attached hydrogen (secondary N) is 1. The SMILES string of the molecule is C[C@]1(NCC(=O)O)CCN(C(=O)c2ccc3c(c2)CCCC3)C1. The summed E-state index contributed by atoms with van der Waals surface area (Å²) in [6, 6.07) is 6.09. The molecule has 0 saturated carbocycles. The molecule has 1 saturated heterocycles. The van der Waals surface area contributed by atoms with E-state index in [0.29, 0.717) is 13.1 Å². The first-order valence-electron chi connectivity index (χ1n) is 8.35. The standard InChI is InChI=1S/C18H24N2O3/c1-18(19-11-16(21)22)8-9-20(12-18)17(23)15-7-6-13-4-2-3-5-14(13)10-15/h6-7,10,19H,2-5,8-9,11-12H2,1H3,(H,21,22)/t18-/m0/s1. The molecule has 0 unspecified atom stereocenters. The Morgan fingerprint density at radius 2 is 2.00 bits per heavy atom. The number of carbonyl (C=O) groups excluding carboxylic acids is 1. The molecule has 1 amide bonds. The number of likely N-dealkylation sites (tertiary alicyclic amines) is 1. The van der Waals surface area contributed by atoms with E-state index in [1.54, 1.807) is 0 Å². The summed E-state index contributed by atoms with van der Waals surface area (Å²) in [5, 5.41) is 11.9. The van der Waals surface area contributed by atoms with Crippen molar-refractivity contribution < 1.29 is 14.7 Å². The van der Waals surface area contributed by atoms with Crippen LogP contribution in [0.15, 0.2) is 18.2 Å². The fourth-order valence-electron chi connectivity index (χ4n) is 3.62. The first-order chi connectivity index (χ1) is 11.0. The molecule has 2 N–H and O–H groups in total. The number of aliphatic carboxylic acids is 1. The quantitative estimate of drug-likeness (QED) is 0.889. The fraction of sp³-hybridized carbons (Fsp3) is 0.556. The van der Waals surface area contributed by atoms with Gasteiger partial charge in [0.1, 0.15) is 0 Å². The Hall–Kier alpha value is -1.88. The molecule has 1 aliphatic carbocycles. The Bertz CT molecular complexity index is 629. The van der Waals surface area contributed by atoms with Gasteiger partial charge in [-0.1, -0.05) is 6.07 Å². The Balaban J connectivity index is 1.68. The molecule has 0 aromatic heterocycles. The lowest BCUT2D eigenvalue weighted by atomic mass is 9.90. The second-order valence-corrected chi connectivity index (χ2v) is 6.98. The summed E-state index contributed by atoms with van der Waals surface area (Å²) in [7, 11) is 0. The predicted molar refractivity (Wildman–Crippen MR) is 87.6 cm³/mol. The third-order valence-electron chi connectivity index (χ3n) is 5.02. The molecule has 0 bridgehead atoms. The molecule has 0 spiro atoms. The highest BCUT2D eigenvalue weighted by Gasteiger charge is 2.36. The van der Waals surface area contributed by atoms with E-state index in [1.165, 1.54) is 24.0 Å². The fourth-order valence-corrected chi connectivity index (χ4v) is 3.62. The van der Waals surface area contributed by atoms with Crippen LogP contribution in [0.5, 0.6) is 0 Å². The summed E-state index contributed by atoms with van der Waals surface area (Å²) in [4.78, 5) is 25.3. The molecule has 124 valence electrons. The minimum atomic E-state index is -0.870. The lowest BCUT2D eigenvalue weighted by Gasteiger charge is -2.25. The molecule has 5 heteroatoms. The topological polar surface area (TPSA) is 69.6 Å². The third kappa shape index (κ3) is 3.55. The lowest BCUT2D eigenvalue weighted by molar-refractivity contribution is -0.136. The minimum Gasteiger partial charge on any atom is -0.480 e. The highest BCUT2D eigenvalue weighted by Crippen LogP contribution is 2.25. The van der Waals surface area contributed by atoms with Crippen LogP contribution < -0.4 is 5.32 Å². The summed E-state index contributed by atoms with van der Waals surface area (Å²) >= 11 is 0. The van der Waals surface area contributed by atoms with Crippen LogP contribution in [0.2, 0.25) is 0 Å². The number of hydrogen-bond donors (Lipinski definition) is 2. The molecule has 1 heterocycles. The Morgan fingerprint density at radius 3 is 2.74 bits per heavy atom. The van der Waals surface area contributed by atoms with Crippen molar-refractivity contribution in [3.8, 4) is 0 Å². The molecule has 3 rings (SSSR count). The maximum absolute atomic E-state index is 12.7. The van der Waals surface area contributed by atoms with Crippen LogP contribution in [0.25, 0.3) is 0 Å². The van der Waals surface area contributed by atoms with Gasteiger partial charge >= 0.3 is 5.97 Å². The van der Waals surface area contributed by atoms with Gasteiger partial charge in [0.2, 0.25) is 0 Å². The van der Waals surface area contributed by atoms with Crippen molar-refractivity contribution in [3.05, 3.63) is 34.9 Å². The molecule has 1 fully saturated rings. The van der Waals surface area contributed by atoms with Gasteiger partial charge in [-0.05, 0) is 62.3 Å². The third-order valence-corrected chi connectivity index (χ3v) is 5.02. The Kier molecular flexibility index (Phi) is 4.39. The predicted octanol–water partition coefficient (Wildman–Crippen LogP) is 1.84. The summed E-state index contributed by atoms with van der Waals surface area (Å²) < 4.78 is 0. The van der Waals surface area contributed by atoms with Gasteiger partial charge in [0.15, 0.2) is 0 Å². The van der Waals surface area contributed by atoms with Crippen LogP contribution in [0, 0.1) is 0 Å². The van der Waals surface area contributed by atoms with E-state index in [-0.39, 0.29) is 18.0 Å². The zero-order chi connectivity index (χ0) is 16.4. The maximum Gasteiger partial charge on any atom is 0.317 e. The molecule has 0 radical (unpaired) electrons. The molecule has 1 atom stereocenters. The van der Waals surface area contributed by atoms with Crippen molar-refractivity contribution in [2.45, 2.75) is 44.6 Å². The molecule has 1 aromatic carbocycles. The number of carboxylic acid groups (broad SMARTS) is 1. The number of fused-ring (bicyclic) bond motifs is 1. The zero-order valence-corrected chi connectivity index (χ0v) is 13.6. The number of amides is 1. The second kappa shape index (κ2) is 6.32. The largest absolute Gasteiger partial charge is 0.480 e. The van der Waals surface area contributed by atoms with Crippen LogP contribution in [-0.2, 0) is 17.6 Å². The number of nitrogens with zero attached hydrogens (tertiary/aromatic N) is 1. The summed E-state index contributed by atoms with van der Waals surface area (Å²) in [5.41, 5.74) is 3.13. The second-order valence-electron chi connectivity index (χ2n) is 6.98. The highest BCUT2D eigenvalue weighted by molar-refractivity contribution is 5.94. The van der Waals surface area contributed by atoms with E-state index >= 15 is 0 Å². The normalized spacial score (nSPS) is 23.6. The van der Waals surface area contributed by atoms with Crippen molar-refractivity contribution in [1.29, 1.82) is 0 Å². The van der Waals surface area contributed by atoms with Gasteiger partial charge in [0, 0.05) is 24.2 Å². The van der Waals surface area contributed by atoms with Crippen LogP contribution in [0.1, 0.15) is 47.7 Å². The molecular formula is C18H24N2O3. The van der Waals surface area contributed by atoms with Crippen LogP contribution in [-0.4, -0.2) is 47.1 Å². The monoisotopic (exact) mass is 316 g/mol. The number of rotatable bonds is 4. The first kappa shape index (κ1) is 16.0. The van der Waals surface area contributed by atoms with E-state index in [1.807, 2.05) is 17.9 Å². The zero-order valence-electron chi connectivity index (χ0n) is 13.6. The summed E-state index contributed by atoms with van der Waals surface area (Å²) in [5.74, 6) is -0.815. The molecule has 2 aliphatic rings. The van der Waals surface area contributed by atoms with E-state index in [2.05, 4.69) is 17.4 Å². The molecule has 1 aromatic rings. The van der Waals surface area contributed by atoms with E-state index < -0.39 is 5.97 Å². The van der Waals surface area contributed by atoms with Crippen LogP contribution >= 0.6 is 0 Å². The van der Waals surface area contributed by atoms with Gasteiger partial charge in [0.05, 0.1) is 6.54 Å². The Morgan fingerprint density at radius 1 is 1.26 bits per heavy atom. The van der Waals surface area contributed by atoms with Crippen molar-refractivity contribution in [1.82, 2.24) is 10.2 Å². The highest BCUT2D eigenvalue weighted by atomic mass is 16.4. The van der Waals surface area contributed by atoms with Crippen molar-refractivity contribution >= 4 is 11.9 Å². The summed E-state index contributed by atoms with van der Waals surface area (Å²) in [6.07, 6.45) is 5.39. The van der Waals surface area contributed by atoms with Crippen molar-refractivity contribution in [2.75, 3.05) is 19.6 Å². The number of aryl methyl sites for hydroxylation is 2. The average molecular weight is 316 g/mol. The smallest absolute Gasteiger partial charge is 0.317 e. The molecule has 5 nitrogen and oxygen atoms in total. The lowest BCUT2D eigenvalue weighted by Crippen LogP contribution is -2.47. The number of carboxylic acids is 1. The average Bonchev–Trinajstić information content (AvgIpc) is 2.95. The van der Waals surface area contributed by atoms with Crippen LogP contribution in [0.3, 0.4) is 0 Å². The number of benzene rings is 1. The van der Waals surface area contributed by atoms with E-state index in [4.69, 9.17) is 5.11 Å². The van der Waals surface area contributed by atoms with E-state index in [9.17, 15) is 9.59 Å².